The topological polar surface area (TPSA) is 42.2 Å². The van der Waals surface area contributed by atoms with Gasteiger partial charge in [-0.1, -0.05) is 0 Å². The van der Waals surface area contributed by atoms with Crippen LogP contribution in [0, 0.1) is 35.0 Å². The molecule has 0 unspecified atom stereocenters. The zero-order chi connectivity index (χ0) is 10.3. The smallest absolute Gasteiger partial charge is 0.162 e. The Bertz CT molecular complexity index is 270. The Morgan fingerprint density at radius 3 is 2.13 bits per heavy atom. The van der Waals surface area contributed by atoms with E-state index >= 15 is 0 Å². The maximum atomic E-state index is 9.28. The fourth-order valence-electron chi connectivity index (χ4n) is 3.68. The standard InChI is InChI=1S/C12H17NO2/c13-7-10-8-1-3-9(4-2-8)11(10)12-14-5-6-15-12/h8-12H,1-6H2/t8?,9?,10-,11-/m0/s1. The molecule has 0 N–H and O–H groups in total. The maximum Gasteiger partial charge on any atom is 0.162 e. The van der Waals surface area contributed by atoms with E-state index in [4.69, 9.17) is 9.47 Å². The third-order valence-corrected chi connectivity index (χ3v) is 4.39. The van der Waals surface area contributed by atoms with Crippen LogP contribution in [0.5, 0.6) is 0 Å². The van der Waals surface area contributed by atoms with E-state index < -0.39 is 0 Å². The van der Waals surface area contributed by atoms with Crippen LogP contribution in [0.15, 0.2) is 0 Å². The zero-order valence-electron chi connectivity index (χ0n) is 8.89. The predicted octanol–water partition coefficient (Wildman–Crippen LogP) is 1.94. The van der Waals surface area contributed by atoms with Crippen LogP contribution in [0.2, 0.25) is 0 Å². The molecule has 0 aromatic carbocycles. The summed E-state index contributed by atoms with van der Waals surface area (Å²) in [5, 5.41) is 9.28. The second-order valence-corrected chi connectivity index (χ2v) is 5.02. The Morgan fingerprint density at radius 2 is 1.53 bits per heavy atom. The molecular weight excluding hydrogens is 190 g/mol. The number of hydrogen-bond donors (Lipinski definition) is 0. The van der Waals surface area contributed by atoms with E-state index in [-0.39, 0.29) is 12.2 Å². The van der Waals surface area contributed by atoms with Crippen molar-refractivity contribution in [3.63, 3.8) is 0 Å². The molecule has 0 aromatic heterocycles. The van der Waals surface area contributed by atoms with Gasteiger partial charge in [0.25, 0.3) is 0 Å². The highest BCUT2D eigenvalue weighted by Crippen LogP contribution is 2.50. The molecule has 4 rings (SSSR count). The molecule has 0 amide bonds. The van der Waals surface area contributed by atoms with Crippen LogP contribution >= 0.6 is 0 Å². The molecule has 0 aromatic rings. The third-order valence-electron chi connectivity index (χ3n) is 4.39. The van der Waals surface area contributed by atoms with Gasteiger partial charge in [-0.15, -0.1) is 0 Å². The Labute approximate surface area is 90.4 Å². The third kappa shape index (κ3) is 1.47. The van der Waals surface area contributed by atoms with Gasteiger partial charge in [0.15, 0.2) is 6.29 Å². The second kappa shape index (κ2) is 3.77. The van der Waals surface area contributed by atoms with Crippen LogP contribution < -0.4 is 0 Å². The van der Waals surface area contributed by atoms with Gasteiger partial charge in [0.05, 0.1) is 25.2 Å². The number of nitrogens with zero attached hydrogens (tertiary/aromatic N) is 1. The van der Waals surface area contributed by atoms with Crippen molar-refractivity contribution in [1.29, 1.82) is 5.26 Å². The molecule has 1 saturated heterocycles. The number of nitriles is 1. The first-order valence-electron chi connectivity index (χ1n) is 6.03. The summed E-state index contributed by atoms with van der Waals surface area (Å²) in [5.41, 5.74) is 0. The minimum Gasteiger partial charge on any atom is -0.350 e. The second-order valence-electron chi connectivity index (χ2n) is 5.02. The predicted molar refractivity (Wildman–Crippen MR) is 53.7 cm³/mol. The molecule has 2 bridgehead atoms. The monoisotopic (exact) mass is 207 g/mol. The molecule has 3 heteroatoms. The minimum atomic E-state index is -0.0808. The fraction of sp³-hybridized carbons (Fsp3) is 0.917. The lowest BCUT2D eigenvalue weighted by Crippen LogP contribution is -2.45. The van der Waals surface area contributed by atoms with Crippen molar-refractivity contribution in [1.82, 2.24) is 0 Å². The first kappa shape index (κ1) is 9.62. The van der Waals surface area contributed by atoms with Crippen LogP contribution in [0.3, 0.4) is 0 Å². The zero-order valence-corrected chi connectivity index (χ0v) is 8.89. The van der Waals surface area contributed by atoms with Gasteiger partial charge in [-0.2, -0.15) is 5.26 Å². The molecule has 2 atom stereocenters. The summed E-state index contributed by atoms with van der Waals surface area (Å²) in [4.78, 5) is 0. The highest BCUT2D eigenvalue weighted by molar-refractivity contribution is 5.03. The Kier molecular flexibility index (Phi) is 2.42. The number of ether oxygens (including phenoxy) is 2. The molecule has 3 saturated carbocycles. The van der Waals surface area contributed by atoms with Gasteiger partial charge in [0, 0.05) is 5.92 Å². The number of fused-ring (bicyclic) bond motifs is 3. The summed E-state index contributed by atoms with van der Waals surface area (Å²) in [6.45, 7) is 1.41. The van der Waals surface area contributed by atoms with Gasteiger partial charge in [-0.25, -0.2) is 0 Å². The number of rotatable bonds is 1. The Balaban J connectivity index is 1.82. The molecule has 4 aliphatic rings. The SMILES string of the molecule is N#C[C@H]1C2CCC(CC2)[C@@H]1C1OCCO1. The summed E-state index contributed by atoms with van der Waals surface area (Å²) in [5.74, 6) is 1.81. The summed E-state index contributed by atoms with van der Waals surface area (Å²) < 4.78 is 11.2. The molecule has 4 fully saturated rings. The minimum absolute atomic E-state index is 0.0808. The Hall–Kier alpha value is -0.590. The van der Waals surface area contributed by atoms with Crippen LogP contribution in [-0.4, -0.2) is 19.5 Å². The lowest BCUT2D eigenvalue weighted by molar-refractivity contribution is -0.142. The van der Waals surface area contributed by atoms with E-state index in [1.807, 2.05) is 0 Å². The first-order chi connectivity index (χ1) is 7.40. The molecule has 1 aliphatic heterocycles. The molecule has 0 radical (unpaired) electrons. The van der Waals surface area contributed by atoms with Crippen molar-refractivity contribution < 1.29 is 9.47 Å². The molecule has 15 heavy (non-hydrogen) atoms. The average Bonchev–Trinajstić information content (AvgIpc) is 2.82. The summed E-state index contributed by atoms with van der Waals surface area (Å²) in [6, 6.07) is 2.50. The van der Waals surface area contributed by atoms with E-state index in [2.05, 4.69) is 6.07 Å². The lowest BCUT2D eigenvalue weighted by atomic mass is 9.59. The summed E-state index contributed by atoms with van der Waals surface area (Å²) in [6.07, 6.45) is 4.95. The van der Waals surface area contributed by atoms with Crippen LogP contribution in [0.4, 0.5) is 0 Å². The van der Waals surface area contributed by atoms with Gasteiger partial charge < -0.3 is 9.47 Å². The van der Waals surface area contributed by atoms with Gasteiger partial charge in [0.1, 0.15) is 0 Å². The quantitative estimate of drug-likeness (QED) is 0.660. The molecule has 82 valence electrons. The van der Waals surface area contributed by atoms with Crippen LogP contribution in [0.25, 0.3) is 0 Å². The van der Waals surface area contributed by atoms with E-state index in [9.17, 15) is 5.26 Å². The van der Waals surface area contributed by atoms with Crippen molar-refractivity contribution in [2.45, 2.75) is 32.0 Å². The summed E-state index contributed by atoms with van der Waals surface area (Å²) in [7, 11) is 0. The fourth-order valence-corrected chi connectivity index (χ4v) is 3.68. The van der Waals surface area contributed by atoms with E-state index in [1.54, 1.807) is 0 Å². The highest BCUT2D eigenvalue weighted by atomic mass is 16.7. The van der Waals surface area contributed by atoms with Crippen molar-refractivity contribution >= 4 is 0 Å². The summed E-state index contributed by atoms with van der Waals surface area (Å²) >= 11 is 0. The van der Waals surface area contributed by atoms with E-state index in [0.29, 0.717) is 31.0 Å². The molecule has 3 aliphatic carbocycles. The van der Waals surface area contributed by atoms with Crippen molar-refractivity contribution in [3.8, 4) is 6.07 Å². The lowest BCUT2D eigenvalue weighted by Gasteiger charge is -2.47. The molecule has 0 spiro atoms. The average molecular weight is 207 g/mol. The van der Waals surface area contributed by atoms with E-state index in [1.165, 1.54) is 25.7 Å². The normalized spacial score (nSPS) is 45.5. The van der Waals surface area contributed by atoms with Crippen LogP contribution in [-0.2, 0) is 9.47 Å². The Morgan fingerprint density at radius 1 is 0.933 bits per heavy atom. The van der Waals surface area contributed by atoms with Crippen molar-refractivity contribution in [3.05, 3.63) is 0 Å². The number of hydrogen-bond acceptors (Lipinski definition) is 3. The maximum absolute atomic E-state index is 9.28. The van der Waals surface area contributed by atoms with Gasteiger partial charge in [-0.05, 0) is 37.5 Å². The van der Waals surface area contributed by atoms with Crippen molar-refractivity contribution in [2.75, 3.05) is 13.2 Å². The van der Waals surface area contributed by atoms with Crippen LogP contribution in [0.1, 0.15) is 25.7 Å². The van der Waals surface area contributed by atoms with Gasteiger partial charge in [-0.3, -0.25) is 0 Å². The van der Waals surface area contributed by atoms with Gasteiger partial charge in [0.2, 0.25) is 0 Å². The van der Waals surface area contributed by atoms with E-state index in [0.717, 1.165) is 0 Å². The highest BCUT2D eigenvalue weighted by Gasteiger charge is 2.48. The molecular formula is C12H17NO2. The molecule has 3 nitrogen and oxygen atoms in total. The molecule has 1 heterocycles. The van der Waals surface area contributed by atoms with Crippen molar-refractivity contribution in [2.24, 2.45) is 23.7 Å². The van der Waals surface area contributed by atoms with Gasteiger partial charge >= 0.3 is 0 Å². The first-order valence-corrected chi connectivity index (χ1v) is 6.03. The largest absolute Gasteiger partial charge is 0.350 e.